The van der Waals surface area contributed by atoms with Gasteiger partial charge in [-0.3, -0.25) is 10.1 Å². The minimum Gasteiger partial charge on any atom is -0.744 e. The second-order valence-electron chi connectivity index (χ2n) is 12.0. The number of rotatable bonds is 12. The second-order valence-corrected chi connectivity index (χ2v) is 13.3. The third kappa shape index (κ3) is 13.0. The summed E-state index contributed by atoms with van der Waals surface area (Å²) in [7, 11) is -4.94. The van der Waals surface area contributed by atoms with Gasteiger partial charge < -0.3 is 24.7 Å². The van der Waals surface area contributed by atoms with E-state index in [-0.39, 0.29) is 65.8 Å². The molecule has 3 aromatic carbocycles. The molecule has 0 fully saturated rings. The first-order chi connectivity index (χ1) is 21.5. The molecule has 3 rings (SSSR count). The molecule has 47 heavy (non-hydrogen) atoms. The summed E-state index contributed by atoms with van der Waals surface area (Å²) >= 11 is 0. The number of carbonyl (C=O) groups is 3. The first kappa shape index (κ1) is 39.8. The van der Waals surface area contributed by atoms with E-state index in [4.69, 9.17) is 9.47 Å². The molecular formula is C34H42N3NaO8S. The van der Waals surface area contributed by atoms with Gasteiger partial charge in [-0.15, -0.1) is 0 Å². The Kier molecular flexibility index (Phi) is 14.9. The fourth-order valence-electron chi connectivity index (χ4n) is 4.85. The van der Waals surface area contributed by atoms with Crippen LogP contribution in [0.15, 0.2) is 59.5 Å². The molecule has 0 aliphatic heterocycles. The van der Waals surface area contributed by atoms with Gasteiger partial charge in [0.05, 0.1) is 29.2 Å². The molecule has 0 aliphatic rings. The number of anilines is 3. The van der Waals surface area contributed by atoms with Gasteiger partial charge in [-0.1, -0.05) is 37.3 Å². The first-order valence-corrected chi connectivity index (χ1v) is 16.4. The fraction of sp³-hybridized carbons (Fsp3) is 0.382. The quantitative estimate of drug-likeness (QED) is 0.149. The van der Waals surface area contributed by atoms with Crippen LogP contribution in [0.3, 0.4) is 0 Å². The molecule has 1 unspecified atom stereocenters. The van der Waals surface area contributed by atoms with Crippen LogP contribution in [-0.2, 0) is 43.6 Å². The number of urea groups is 1. The maximum atomic E-state index is 12.8. The molecule has 0 aliphatic carbocycles. The van der Waals surface area contributed by atoms with Gasteiger partial charge in [-0.25, -0.2) is 18.0 Å². The number of aryl methyl sites for hydroxylation is 2. The van der Waals surface area contributed by atoms with Gasteiger partial charge in [0.25, 0.3) is 0 Å². The molecule has 3 amide bonds. The zero-order chi connectivity index (χ0) is 34.2. The molecule has 0 saturated heterocycles. The van der Waals surface area contributed by atoms with E-state index in [0.29, 0.717) is 29.8 Å². The Morgan fingerprint density at radius 3 is 2.02 bits per heavy atom. The molecule has 13 heteroatoms. The minimum atomic E-state index is -4.94. The smallest absolute Gasteiger partial charge is 0.744 e. The predicted molar refractivity (Wildman–Crippen MR) is 176 cm³/mol. The topological polar surface area (TPSA) is 163 Å². The molecule has 0 bridgehead atoms. The standard InChI is InChI=1S/C34H43N3O8S.Na/c1-20(2)44-32(38)18-26-10-8-23(6)27(16-26)15-22(5)14-25-11-13-29(31(17-25)46(41,42)43)36-33(39)35-28-12-9-24(7)30(19-28)37-34(40)45-21(3)4;/h8-13,16-17,19-22H,14-15,18H2,1-7H3,(H,37,40)(H2,35,36,39)(H,41,42,43);/q;+1/p-1. The van der Waals surface area contributed by atoms with Crippen LogP contribution in [0.1, 0.15) is 62.4 Å². The number of hydrogen-bond acceptors (Lipinski definition) is 8. The van der Waals surface area contributed by atoms with Crippen LogP contribution in [0.2, 0.25) is 0 Å². The second kappa shape index (κ2) is 17.7. The van der Waals surface area contributed by atoms with Crippen molar-refractivity contribution >= 4 is 45.3 Å². The number of carbonyl (C=O) groups excluding carboxylic acids is 3. The van der Waals surface area contributed by atoms with Gasteiger partial charge in [-0.2, -0.15) is 0 Å². The van der Waals surface area contributed by atoms with E-state index in [1.807, 2.05) is 32.0 Å². The van der Waals surface area contributed by atoms with Crippen molar-refractivity contribution < 1.29 is 66.4 Å². The number of ether oxygens (including phenoxy) is 2. The van der Waals surface area contributed by atoms with Crippen molar-refractivity contribution in [3.63, 3.8) is 0 Å². The van der Waals surface area contributed by atoms with Crippen LogP contribution in [0, 0.1) is 19.8 Å². The molecule has 1 atom stereocenters. The van der Waals surface area contributed by atoms with Gasteiger partial charge in [0.1, 0.15) is 10.1 Å². The number of amides is 3. The van der Waals surface area contributed by atoms with Crippen molar-refractivity contribution in [3.8, 4) is 0 Å². The Morgan fingerprint density at radius 1 is 0.745 bits per heavy atom. The van der Waals surface area contributed by atoms with E-state index in [1.165, 1.54) is 18.2 Å². The summed E-state index contributed by atoms with van der Waals surface area (Å²) in [5.41, 5.74) is 4.88. The number of nitrogens with one attached hydrogen (secondary N) is 3. The van der Waals surface area contributed by atoms with Gasteiger partial charge in [0, 0.05) is 11.4 Å². The third-order valence-corrected chi connectivity index (χ3v) is 7.80. The summed E-state index contributed by atoms with van der Waals surface area (Å²) in [6.45, 7) is 12.8. The van der Waals surface area contributed by atoms with Gasteiger partial charge in [-0.05, 0) is 112 Å². The normalized spacial score (nSPS) is 11.8. The van der Waals surface area contributed by atoms with Gasteiger partial charge in [0.15, 0.2) is 0 Å². The molecule has 0 heterocycles. The number of esters is 1. The Bertz CT molecular complexity index is 1690. The Hall–Kier alpha value is -3.42. The Labute approximate surface area is 299 Å². The van der Waals surface area contributed by atoms with Crippen molar-refractivity contribution in [1.82, 2.24) is 0 Å². The molecule has 0 saturated carbocycles. The first-order valence-electron chi connectivity index (χ1n) is 15.0. The number of benzene rings is 3. The molecule has 11 nitrogen and oxygen atoms in total. The number of hydrogen-bond donors (Lipinski definition) is 3. The van der Waals surface area contributed by atoms with Gasteiger partial charge in [0.2, 0.25) is 0 Å². The average molecular weight is 676 g/mol. The zero-order valence-corrected chi connectivity index (χ0v) is 31.0. The van der Waals surface area contributed by atoms with Crippen molar-refractivity contribution in [2.45, 2.75) is 84.8 Å². The summed E-state index contributed by atoms with van der Waals surface area (Å²) < 4.78 is 47.0. The molecule has 3 aromatic rings. The van der Waals surface area contributed by atoms with E-state index in [0.717, 1.165) is 22.3 Å². The molecule has 3 N–H and O–H groups in total. The van der Waals surface area contributed by atoms with Crippen molar-refractivity contribution in [3.05, 3.63) is 82.4 Å². The molecule has 0 aromatic heterocycles. The molecule has 0 radical (unpaired) electrons. The van der Waals surface area contributed by atoms with Crippen LogP contribution in [0.5, 0.6) is 0 Å². The van der Waals surface area contributed by atoms with Crippen molar-refractivity contribution in [1.29, 1.82) is 0 Å². The van der Waals surface area contributed by atoms with E-state index < -0.39 is 27.1 Å². The maximum absolute atomic E-state index is 12.8. The molecule has 0 spiro atoms. The van der Waals surface area contributed by atoms with Crippen LogP contribution in [0.25, 0.3) is 0 Å². The van der Waals surface area contributed by atoms with Gasteiger partial charge >= 0.3 is 47.7 Å². The van der Waals surface area contributed by atoms with E-state index >= 15 is 0 Å². The van der Waals surface area contributed by atoms with Crippen molar-refractivity contribution in [2.24, 2.45) is 5.92 Å². The summed E-state index contributed by atoms with van der Waals surface area (Å²) in [4.78, 5) is 36.4. The van der Waals surface area contributed by atoms with Crippen LogP contribution >= 0.6 is 0 Å². The average Bonchev–Trinajstić information content (AvgIpc) is 2.91. The predicted octanol–water partition coefficient (Wildman–Crippen LogP) is 3.73. The zero-order valence-electron chi connectivity index (χ0n) is 28.2. The monoisotopic (exact) mass is 675 g/mol. The Morgan fingerprint density at radius 2 is 1.38 bits per heavy atom. The minimum absolute atomic E-state index is 0. The molecule has 248 valence electrons. The van der Waals surface area contributed by atoms with Crippen LogP contribution in [-0.4, -0.2) is 43.3 Å². The largest absolute Gasteiger partial charge is 1.00 e. The summed E-state index contributed by atoms with van der Waals surface area (Å²) in [6.07, 6.45) is 0.135. The fourth-order valence-corrected chi connectivity index (χ4v) is 5.54. The van der Waals surface area contributed by atoms with E-state index in [9.17, 15) is 27.4 Å². The van der Waals surface area contributed by atoms with Crippen molar-refractivity contribution in [2.75, 3.05) is 16.0 Å². The van der Waals surface area contributed by atoms with E-state index in [1.54, 1.807) is 52.8 Å². The maximum Gasteiger partial charge on any atom is 1.00 e. The third-order valence-electron chi connectivity index (χ3n) is 6.92. The summed E-state index contributed by atoms with van der Waals surface area (Å²) in [5, 5.41) is 7.65. The van der Waals surface area contributed by atoms with E-state index in [2.05, 4.69) is 16.0 Å². The SMILES string of the molecule is Cc1ccc(CC(=O)OC(C)C)cc1CC(C)Cc1ccc(NC(=O)Nc2ccc(C)c(NC(=O)OC(C)C)c2)c(S(=O)(=O)[O-])c1.[Na+]. The van der Waals surface area contributed by atoms with Crippen LogP contribution < -0.4 is 45.5 Å². The Balaban J connectivity index is 0.00000768. The summed E-state index contributed by atoms with van der Waals surface area (Å²) in [6, 6.07) is 14.2. The summed E-state index contributed by atoms with van der Waals surface area (Å²) in [5.74, 6) is -0.237. The van der Waals surface area contributed by atoms with Crippen LogP contribution in [0.4, 0.5) is 26.7 Å². The molecular weight excluding hydrogens is 633 g/mol.